The lowest BCUT2D eigenvalue weighted by Crippen LogP contribution is -2.20. The van der Waals surface area contributed by atoms with E-state index < -0.39 is 0 Å². The summed E-state index contributed by atoms with van der Waals surface area (Å²) in [5, 5.41) is 10.0. The molecule has 1 aromatic rings. The second-order valence-electron chi connectivity index (χ2n) is 6.79. The molecule has 146 valence electrons. The normalized spacial score (nSPS) is 17.4. The summed E-state index contributed by atoms with van der Waals surface area (Å²) in [6.07, 6.45) is 7.26. The molecule has 0 aromatic carbocycles. The van der Waals surface area contributed by atoms with Gasteiger partial charge in [0.15, 0.2) is 0 Å². The van der Waals surface area contributed by atoms with Crippen molar-refractivity contribution < 1.29 is 9.47 Å². The summed E-state index contributed by atoms with van der Waals surface area (Å²) in [5.41, 5.74) is 5.36. The first-order chi connectivity index (χ1) is 12.8. The fourth-order valence-corrected chi connectivity index (χ4v) is 2.89. The maximum absolute atomic E-state index is 5.51. The van der Waals surface area contributed by atoms with Crippen molar-refractivity contribution in [3.8, 4) is 0 Å². The molecule has 0 radical (unpaired) electrons. The average Bonchev–Trinajstić information content (AvgIpc) is 3.30. The molecule has 2 aliphatic rings. The Labute approximate surface area is 154 Å². The number of aromatic nitrogens is 3. The Hall–Kier alpha value is -1.71. The van der Waals surface area contributed by atoms with E-state index in [4.69, 9.17) is 15.2 Å². The third-order valence-corrected chi connectivity index (χ3v) is 4.40. The molecule has 0 atom stereocenters. The number of nitrogens with zero attached hydrogens (tertiary/aromatic N) is 3. The largest absolute Gasteiger partial charge is 0.378 e. The standard InChI is InChI=1S/C17H31N7O2/c18-7-9-25-11-12-26-10-8-19-15-22-16(20-13-3-1-2-4-13)24-17(23-15)21-14-5-6-14/h13-14H,1-12,18H2,(H3,19,20,21,22,23,24). The van der Waals surface area contributed by atoms with E-state index in [0.29, 0.717) is 69.4 Å². The quantitative estimate of drug-likeness (QED) is 0.382. The monoisotopic (exact) mass is 365 g/mol. The fraction of sp³-hybridized carbons (Fsp3) is 0.824. The highest BCUT2D eigenvalue weighted by molar-refractivity contribution is 5.43. The molecule has 1 aromatic heterocycles. The Kier molecular flexibility index (Phi) is 7.66. The molecule has 2 saturated carbocycles. The molecule has 0 aliphatic heterocycles. The molecule has 0 saturated heterocycles. The molecule has 0 bridgehead atoms. The van der Waals surface area contributed by atoms with Crippen molar-refractivity contribution in [3.05, 3.63) is 0 Å². The number of ether oxygens (including phenoxy) is 2. The molecule has 0 unspecified atom stereocenters. The van der Waals surface area contributed by atoms with Crippen molar-refractivity contribution in [2.75, 3.05) is 55.5 Å². The van der Waals surface area contributed by atoms with Gasteiger partial charge in [-0.15, -0.1) is 0 Å². The van der Waals surface area contributed by atoms with E-state index in [1.54, 1.807) is 0 Å². The lowest BCUT2D eigenvalue weighted by molar-refractivity contribution is 0.0547. The minimum atomic E-state index is 0.468. The third kappa shape index (κ3) is 6.89. The van der Waals surface area contributed by atoms with E-state index in [1.807, 2.05) is 0 Å². The molecule has 0 spiro atoms. The first-order valence-corrected chi connectivity index (χ1v) is 9.72. The highest BCUT2D eigenvalue weighted by atomic mass is 16.5. The van der Waals surface area contributed by atoms with E-state index in [-0.39, 0.29) is 0 Å². The molecule has 26 heavy (non-hydrogen) atoms. The second-order valence-corrected chi connectivity index (χ2v) is 6.79. The first kappa shape index (κ1) is 19.1. The topological polar surface area (TPSA) is 119 Å². The van der Waals surface area contributed by atoms with E-state index in [2.05, 4.69) is 30.9 Å². The Morgan fingerprint density at radius 1 is 0.769 bits per heavy atom. The lowest BCUT2D eigenvalue weighted by Gasteiger charge is -2.14. The molecule has 9 nitrogen and oxygen atoms in total. The van der Waals surface area contributed by atoms with Gasteiger partial charge in [-0.05, 0) is 25.7 Å². The van der Waals surface area contributed by atoms with Crippen molar-refractivity contribution in [1.29, 1.82) is 0 Å². The minimum Gasteiger partial charge on any atom is -0.378 e. The van der Waals surface area contributed by atoms with Gasteiger partial charge in [0.1, 0.15) is 0 Å². The van der Waals surface area contributed by atoms with Gasteiger partial charge in [-0.2, -0.15) is 15.0 Å². The molecule has 3 rings (SSSR count). The van der Waals surface area contributed by atoms with Crippen LogP contribution in [0.3, 0.4) is 0 Å². The zero-order valence-electron chi connectivity index (χ0n) is 15.4. The van der Waals surface area contributed by atoms with Crippen LogP contribution in [0.15, 0.2) is 0 Å². The number of anilines is 3. The van der Waals surface area contributed by atoms with Crippen LogP contribution in [0.1, 0.15) is 38.5 Å². The van der Waals surface area contributed by atoms with Gasteiger partial charge in [0.25, 0.3) is 0 Å². The SMILES string of the molecule is NCCOCCOCCNc1nc(NC2CCCC2)nc(NC2CC2)n1. The van der Waals surface area contributed by atoms with Crippen LogP contribution in [0, 0.1) is 0 Å². The fourth-order valence-electron chi connectivity index (χ4n) is 2.89. The predicted octanol–water partition coefficient (Wildman–Crippen LogP) is 1.20. The molecule has 9 heteroatoms. The smallest absolute Gasteiger partial charge is 0.229 e. The van der Waals surface area contributed by atoms with Crippen LogP contribution >= 0.6 is 0 Å². The van der Waals surface area contributed by atoms with Crippen LogP contribution in [0.5, 0.6) is 0 Å². The summed E-state index contributed by atoms with van der Waals surface area (Å²) in [6.45, 7) is 3.42. The summed E-state index contributed by atoms with van der Waals surface area (Å²) in [6, 6.07) is 0.970. The van der Waals surface area contributed by atoms with Crippen LogP contribution in [-0.4, -0.2) is 66.6 Å². The van der Waals surface area contributed by atoms with Crippen LogP contribution in [0.4, 0.5) is 17.8 Å². The summed E-state index contributed by atoms with van der Waals surface area (Å²) in [7, 11) is 0. The molecule has 2 aliphatic carbocycles. The van der Waals surface area contributed by atoms with Gasteiger partial charge in [0.05, 0.1) is 26.4 Å². The molecular formula is C17H31N7O2. The maximum Gasteiger partial charge on any atom is 0.229 e. The lowest BCUT2D eigenvalue weighted by atomic mass is 10.3. The predicted molar refractivity (Wildman–Crippen MR) is 102 cm³/mol. The zero-order valence-corrected chi connectivity index (χ0v) is 15.4. The van der Waals surface area contributed by atoms with Gasteiger partial charge < -0.3 is 31.2 Å². The Morgan fingerprint density at radius 2 is 1.35 bits per heavy atom. The number of hydrogen-bond acceptors (Lipinski definition) is 9. The van der Waals surface area contributed by atoms with Crippen molar-refractivity contribution in [2.24, 2.45) is 5.73 Å². The van der Waals surface area contributed by atoms with E-state index in [0.717, 1.165) is 0 Å². The summed E-state index contributed by atoms with van der Waals surface area (Å²) < 4.78 is 10.8. The van der Waals surface area contributed by atoms with Gasteiger partial charge in [0.2, 0.25) is 17.8 Å². The zero-order chi connectivity index (χ0) is 18.0. The number of hydrogen-bond donors (Lipinski definition) is 4. The van der Waals surface area contributed by atoms with Crippen LogP contribution in [0.25, 0.3) is 0 Å². The molecule has 1 heterocycles. The molecular weight excluding hydrogens is 334 g/mol. The Balaban J connectivity index is 1.45. The highest BCUT2D eigenvalue weighted by Crippen LogP contribution is 2.25. The number of nitrogens with one attached hydrogen (secondary N) is 3. The molecule has 2 fully saturated rings. The van der Waals surface area contributed by atoms with Gasteiger partial charge in [-0.1, -0.05) is 12.8 Å². The minimum absolute atomic E-state index is 0.468. The van der Waals surface area contributed by atoms with Gasteiger partial charge in [0, 0.05) is 25.2 Å². The van der Waals surface area contributed by atoms with E-state index in [9.17, 15) is 0 Å². The van der Waals surface area contributed by atoms with E-state index >= 15 is 0 Å². The van der Waals surface area contributed by atoms with E-state index in [1.165, 1.54) is 38.5 Å². The number of rotatable bonds is 13. The summed E-state index contributed by atoms with van der Waals surface area (Å²) in [4.78, 5) is 13.5. The third-order valence-electron chi connectivity index (χ3n) is 4.40. The van der Waals surface area contributed by atoms with Crippen molar-refractivity contribution in [1.82, 2.24) is 15.0 Å². The summed E-state index contributed by atoms with van der Waals surface area (Å²) in [5.74, 6) is 1.86. The maximum atomic E-state index is 5.51. The average molecular weight is 365 g/mol. The van der Waals surface area contributed by atoms with Crippen LogP contribution in [0.2, 0.25) is 0 Å². The van der Waals surface area contributed by atoms with Crippen molar-refractivity contribution in [3.63, 3.8) is 0 Å². The van der Waals surface area contributed by atoms with Crippen LogP contribution in [-0.2, 0) is 9.47 Å². The van der Waals surface area contributed by atoms with Gasteiger partial charge >= 0.3 is 0 Å². The Morgan fingerprint density at radius 3 is 1.96 bits per heavy atom. The Bertz CT molecular complexity index is 536. The molecule has 0 amide bonds. The molecule has 5 N–H and O–H groups in total. The second kappa shape index (κ2) is 10.4. The van der Waals surface area contributed by atoms with Gasteiger partial charge in [-0.25, -0.2) is 0 Å². The van der Waals surface area contributed by atoms with Gasteiger partial charge in [-0.3, -0.25) is 0 Å². The summed E-state index contributed by atoms with van der Waals surface area (Å²) >= 11 is 0. The van der Waals surface area contributed by atoms with Crippen LogP contribution < -0.4 is 21.7 Å². The van der Waals surface area contributed by atoms with Crippen molar-refractivity contribution >= 4 is 17.8 Å². The van der Waals surface area contributed by atoms with Crippen molar-refractivity contribution in [2.45, 2.75) is 50.6 Å². The number of nitrogens with two attached hydrogens (primary N) is 1. The highest BCUT2D eigenvalue weighted by Gasteiger charge is 2.23. The first-order valence-electron chi connectivity index (χ1n) is 9.72.